The molecular formula is C32H23Cl2FN2O5S. The lowest BCUT2D eigenvalue weighted by Crippen LogP contribution is -2.28. The summed E-state index contributed by atoms with van der Waals surface area (Å²) in [4.78, 5) is 31.5. The van der Waals surface area contributed by atoms with Crippen molar-refractivity contribution in [1.82, 2.24) is 4.90 Å². The minimum absolute atomic E-state index is 0.0610. The highest BCUT2D eigenvalue weighted by molar-refractivity contribution is 8.18. The number of hydrogen-bond acceptors (Lipinski definition) is 6. The van der Waals surface area contributed by atoms with Gasteiger partial charge >= 0.3 is 5.97 Å². The molecule has 0 unspecified atom stereocenters. The van der Waals surface area contributed by atoms with E-state index in [1.54, 1.807) is 79.9 Å². The number of benzene rings is 4. The number of amidine groups is 1. The average molecular weight is 638 g/mol. The van der Waals surface area contributed by atoms with Crippen molar-refractivity contribution in [3.8, 4) is 11.5 Å². The molecule has 0 radical (unpaired) electrons. The number of aliphatic imine (C=N–C) groups is 1. The van der Waals surface area contributed by atoms with Crippen molar-refractivity contribution >= 4 is 63.8 Å². The number of ether oxygens (including phenoxy) is 2. The summed E-state index contributed by atoms with van der Waals surface area (Å²) in [5.74, 6) is -0.862. The maximum absolute atomic E-state index is 14.0. The number of aromatic carboxylic acids is 1. The molecule has 0 spiro atoms. The molecule has 7 nitrogen and oxygen atoms in total. The molecule has 0 saturated carbocycles. The number of nitrogens with zero attached hydrogens (tertiary/aromatic N) is 2. The van der Waals surface area contributed by atoms with E-state index in [1.165, 1.54) is 34.9 Å². The molecule has 1 saturated heterocycles. The normalized spacial score (nSPS) is 14.9. The minimum atomic E-state index is -1.03. The van der Waals surface area contributed by atoms with Gasteiger partial charge in [0.2, 0.25) is 0 Å². The molecule has 1 aliphatic rings. The fraction of sp³-hybridized carbons (Fsp3) is 0.0938. The molecule has 5 rings (SSSR count). The zero-order valence-electron chi connectivity index (χ0n) is 22.6. The Labute approximate surface area is 261 Å². The molecule has 11 heteroatoms. The van der Waals surface area contributed by atoms with Crippen LogP contribution in [0.1, 0.15) is 27.0 Å². The zero-order chi connectivity index (χ0) is 30.5. The zero-order valence-corrected chi connectivity index (χ0v) is 24.9. The van der Waals surface area contributed by atoms with E-state index in [1.807, 2.05) is 0 Å². The summed E-state index contributed by atoms with van der Waals surface area (Å²) < 4.78 is 25.0. The van der Waals surface area contributed by atoms with Crippen molar-refractivity contribution in [1.29, 1.82) is 0 Å². The molecule has 0 aliphatic carbocycles. The van der Waals surface area contributed by atoms with Crippen LogP contribution in [0.15, 0.2) is 94.8 Å². The number of carboxylic acid groups (broad SMARTS) is 1. The highest BCUT2D eigenvalue weighted by atomic mass is 35.5. The maximum atomic E-state index is 14.0. The first-order chi connectivity index (χ1) is 20.7. The number of halogens is 3. The number of carbonyl (C=O) groups is 2. The molecule has 1 amide bonds. The summed E-state index contributed by atoms with van der Waals surface area (Å²) in [6.45, 7) is 0.108. The van der Waals surface area contributed by atoms with Crippen molar-refractivity contribution in [3.63, 3.8) is 0 Å². The van der Waals surface area contributed by atoms with Crippen LogP contribution in [0.3, 0.4) is 0 Å². The predicted molar refractivity (Wildman–Crippen MR) is 167 cm³/mol. The molecule has 0 aromatic heterocycles. The number of rotatable bonds is 9. The SMILES string of the molecule is COc1ccc(N=C2S/C(=C\c3cc(Cl)c(OCc4ccccc4F)c(Cl)c3)C(=O)N2Cc2ccc(C(=O)O)cc2)cc1. The molecule has 0 atom stereocenters. The highest BCUT2D eigenvalue weighted by Gasteiger charge is 2.33. The Hall–Kier alpha value is -4.31. The van der Waals surface area contributed by atoms with Gasteiger partial charge in [-0.25, -0.2) is 14.2 Å². The largest absolute Gasteiger partial charge is 0.497 e. The van der Waals surface area contributed by atoms with Gasteiger partial charge < -0.3 is 14.6 Å². The second kappa shape index (κ2) is 13.3. The number of carboxylic acids is 1. The van der Waals surface area contributed by atoms with Gasteiger partial charge in [-0.05, 0) is 83.6 Å². The topological polar surface area (TPSA) is 88.4 Å². The third-order valence-corrected chi connectivity index (χ3v) is 7.94. The van der Waals surface area contributed by atoms with Crippen LogP contribution < -0.4 is 9.47 Å². The van der Waals surface area contributed by atoms with Gasteiger partial charge in [0, 0.05) is 5.56 Å². The van der Waals surface area contributed by atoms with E-state index in [0.29, 0.717) is 32.6 Å². The predicted octanol–water partition coefficient (Wildman–Crippen LogP) is 8.22. The second-order valence-electron chi connectivity index (χ2n) is 9.29. The third kappa shape index (κ3) is 7.19. The molecule has 1 N–H and O–H groups in total. The van der Waals surface area contributed by atoms with Gasteiger partial charge in [-0.3, -0.25) is 9.69 Å². The van der Waals surface area contributed by atoms with E-state index >= 15 is 0 Å². The van der Waals surface area contributed by atoms with Crippen LogP contribution in [0.2, 0.25) is 10.0 Å². The molecule has 43 heavy (non-hydrogen) atoms. The molecule has 0 bridgehead atoms. The number of amides is 1. The Balaban J connectivity index is 1.43. The number of methoxy groups -OCH3 is 1. The first-order valence-electron chi connectivity index (χ1n) is 12.8. The van der Waals surface area contributed by atoms with Gasteiger partial charge in [-0.15, -0.1) is 0 Å². The van der Waals surface area contributed by atoms with E-state index in [-0.39, 0.29) is 40.4 Å². The van der Waals surface area contributed by atoms with Gasteiger partial charge in [0.15, 0.2) is 10.9 Å². The monoisotopic (exact) mass is 636 g/mol. The smallest absolute Gasteiger partial charge is 0.335 e. The lowest BCUT2D eigenvalue weighted by Gasteiger charge is -2.16. The van der Waals surface area contributed by atoms with E-state index < -0.39 is 11.8 Å². The highest BCUT2D eigenvalue weighted by Crippen LogP contribution is 2.39. The Kier molecular flexibility index (Phi) is 9.35. The van der Waals surface area contributed by atoms with Crippen LogP contribution >= 0.6 is 35.0 Å². The van der Waals surface area contributed by atoms with E-state index in [0.717, 1.165) is 5.56 Å². The van der Waals surface area contributed by atoms with E-state index in [9.17, 15) is 19.1 Å². The summed E-state index contributed by atoms with van der Waals surface area (Å²) in [5, 5.41) is 10.1. The lowest BCUT2D eigenvalue weighted by atomic mass is 10.1. The van der Waals surface area contributed by atoms with Crippen LogP contribution in [0.25, 0.3) is 6.08 Å². The Morgan fingerprint density at radius 2 is 1.70 bits per heavy atom. The number of carbonyl (C=O) groups excluding carboxylic acids is 1. The van der Waals surface area contributed by atoms with Crippen LogP contribution in [0, 0.1) is 5.82 Å². The van der Waals surface area contributed by atoms with Crippen LogP contribution in [-0.4, -0.2) is 34.2 Å². The summed E-state index contributed by atoms with van der Waals surface area (Å²) in [5.41, 5.74) is 2.40. The van der Waals surface area contributed by atoms with Crippen molar-refractivity contribution in [2.75, 3.05) is 7.11 Å². The maximum Gasteiger partial charge on any atom is 0.335 e. The third-order valence-electron chi connectivity index (χ3n) is 6.38. The molecule has 218 valence electrons. The fourth-order valence-corrected chi connectivity index (χ4v) is 5.76. The average Bonchev–Trinajstić information content (AvgIpc) is 3.27. The van der Waals surface area contributed by atoms with Crippen molar-refractivity contribution < 1.29 is 28.6 Å². The first kappa shape index (κ1) is 30.2. The van der Waals surface area contributed by atoms with Gasteiger partial charge in [0.25, 0.3) is 5.91 Å². The molecule has 1 fully saturated rings. The van der Waals surface area contributed by atoms with Crippen molar-refractivity contribution in [3.05, 3.63) is 128 Å². The quantitative estimate of drug-likeness (QED) is 0.186. The van der Waals surface area contributed by atoms with E-state index in [4.69, 9.17) is 37.7 Å². The van der Waals surface area contributed by atoms with Crippen LogP contribution in [0.4, 0.5) is 10.1 Å². The van der Waals surface area contributed by atoms with Crippen molar-refractivity contribution in [2.45, 2.75) is 13.2 Å². The standard InChI is InChI=1S/C32H23Cl2FN2O5S/c1-41-24-12-10-23(11-13-24)36-32-37(17-19-6-8-21(9-7-19)31(39)40)30(38)28(43-32)16-20-14-25(33)29(26(34)15-20)42-18-22-4-2-3-5-27(22)35/h2-16H,17-18H2,1H3,(H,39,40)/b28-16-,36-32?. The summed E-state index contributed by atoms with van der Waals surface area (Å²) in [7, 11) is 1.57. The second-order valence-corrected chi connectivity index (χ2v) is 11.1. The van der Waals surface area contributed by atoms with Crippen molar-refractivity contribution in [2.24, 2.45) is 4.99 Å². The Morgan fingerprint density at radius 3 is 2.33 bits per heavy atom. The summed E-state index contributed by atoms with van der Waals surface area (Å²) in [6.07, 6.45) is 1.66. The summed E-state index contributed by atoms with van der Waals surface area (Å²) in [6, 6.07) is 22.9. The molecule has 4 aromatic carbocycles. The van der Waals surface area contributed by atoms with Gasteiger partial charge in [0.1, 0.15) is 18.2 Å². The molecule has 1 heterocycles. The molecule has 4 aromatic rings. The van der Waals surface area contributed by atoms with Gasteiger partial charge in [0.05, 0.1) is 39.9 Å². The Bertz CT molecular complexity index is 1720. The molecular weight excluding hydrogens is 614 g/mol. The van der Waals surface area contributed by atoms with E-state index in [2.05, 4.69) is 0 Å². The van der Waals surface area contributed by atoms with Gasteiger partial charge in [-0.2, -0.15) is 0 Å². The van der Waals surface area contributed by atoms with Crippen LogP contribution in [0.5, 0.6) is 11.5 Å². The fourth-order valence-electron chi connectivity index (χ4n) is 4.15. The number of hydrogen-bond donors (Lipinski definition) is 1. The summed E-state index contributed by atoms with van der Waals surface area (Å²) >= 11 is 14.1. The lowest BCUT2D eigenvalue weighted by molar-refractivity contribution is -0.122. The Morgan fingerprint density at radius 1 is 1.02 bits per heavy atom. The first-order valence-corrected chi connectivity index (χ1v) is 14.4. The van der Waals surface area contributed by atoms with Gasteiger partial charge in [-0.1, -0.05) is 53.5 Å². The molecule has 1 aliphatic heterocycles. The number of thioether (sulfide) groups is 1. The minimum Gasteiger partial charge on any atom is -0.497 e. The van der Waals surface area contributed by atoms with Crippen LogP contribution in [-0.2, 0) is 17.9 Å².